The monoisotopic (exact) mass is 377 g/mol. The van der Waals surface area contributed by atoms with E-state index in [0.717, 1.165) is 29.1 Å². The largest absolute Gasteiger partial charge is 0.370 e. The van der Waals surface area contributed by atoms with E-state index in [1.54, 1.807) is 12.4 Å². The van der Waals surface area contributed by atoms with Gasteiger partial charge in [-0.25, -0.2) is 9.48 Å². The molecule has 4 rings (SSSR count). The molecule has 0 unspecified atom stereocenters. The predicted molar refractivity (Wildman–Crippen MR) is 105 cm³/mol. The number of nitrogens with zero attached hydrogens (tertiary/aromatic N) is 3. The zero-order valence-electron chi connectivity index (χ0n) is 15.7. The zero-order valence-corrected chi connectivity index (χ0v) is 15.7. The van der Waals surface area contributed by atoms with Crippen molar-refractivity contribution in [2.45, 2.75) is 32.0 Å². The molecule has 0 bridgehead atoms. The molecule has 1 aromatic carbocycles. The molecule has 1 fully saturated rings. The van der Waals surface area contributed by atoms with Crippen molar-refractivity contribution in [3.05, 3.63) is 77.9 Å². The van der Waals surface area contributed by atoms with Gasteiger partial charge in [0.2, 0.25) is 0 Å². The molecule has 2 atom stereocenters. The van der Waals surface area contributed by atoms with Gasteiger partial charge in [-0.15, -0.1) is 0 Å². The Bertz CT molecular complexity index is 941. The molecule has 0 aliphatic carbocycles. The Morgan fingerprint density at radius 1 is 1.18 bits per heavy atom. The van der Waals surface area contributed by atoms with Crippen molar-refractivity contribution >= 4 is 6.03 Å². The maximum atomic E-state index is 12.4. The first-order chi connectivity index (χ1) is 13.7. The van der Waals surface area contributed by atoms with E-state index in [0.29, 0.717) is 13.2 Å². The van der Waals surface area contributed by atoms with Crippen LogP contribution in [0.2, 0.25) is 0 Å². The first-order valence-electron chi connectivity index (χ1n) is 9.38. The third kappa shape index (κ3) is 3.89. The topological polar surface area (TPSA) is 81.1 Å². The smallest absolute Gasteiger partial charge is 0.315 e. The highest BCUT2D eigenvalue weighted by molar-refractivity contribution is 5.74. The fraction of sp³-hybridized carbons (Fsp3) is 0.286. The van der Waals surface area contributed by atoms with E-state index in [2.05, 4.69) is 20.7 Å². The van der Waals surface area contributed by atoms with E-state index < -0.39 is 0 Å². The van der Waals surface area contributed by atoms with Crippen LogP contribution < -0.4 is 10.6 Å². The number of aryl methyl sites for hydroxylation is 1. The van der Waals surface area contributed by atoms with Gasteiger partial charge in [0.15, 0.2) is 0 Å². The minimum atomic E-state index is -0.242. The second-order valence-corrected chi connectivity index (χ2v) is 6.76. The van der Waals surface area contributed by atoms with Crippen LogP contribution >= 0.6 is 0 Å². The van der Waals surface area contributed by atoms with E-state index in [4.69, 9.17) is 4.74 Å². The minimum absolute atomic E-state index is 0.117. The van der Waals surface area contributed by atoms with Crippen LogP contribution in [0, 0.1) is 6.92 Å². The molecule has 3 aromatic rings. The van der Waals surface area contributed by atoms with Gasteiger partial charge in [0, 0.05) is 31.2 Å². The fourth-order valence-corrected chi connectivity index (χ4v) is 3.44. The zero-order chi connectivity index (χ0) is 19.3. The quantitative estimate of drug-likeness (QED) is 0.716. The second-order valence-electron chi connectivity index (χ2n) is 6.76. The molecule has 0 radical (unpaired) electrons. The number of carbonyl (C=O) groups is 1. The van der Waals surface area contributed by atoms with Crippen molar-refractivity contribution in [3.63, 3.8) is 0 Å². The standard InChI is InChI=1S/C21H23N5O2/c1-15-16(6-5-11-22-15)14-23-21(27)25-18-10-13-28-20(18)19-9-12-24-26(19)17-7-3-2-4-8-17/h2-9,11-12,18,20H,10,13-14H2,1H3,(H2,23,25,27)/t18-,20-/m1/s1. The Balaban J connectivity index is 1.43. The van der Waals surface area contributed by atoms with Crippen molar-refractivity contribution in [1.29, 1.82) is 0 Å². The van der Waals surface area contributed by atoms with Crippen molar-refractivity contribution in [2.24, 2.45) is 0 Å². The Morgan fingerprint density at radius 2 is 2.04 bits per heavy atom. The molecule has 2 amide bonds. The molecular formula is C21H23N5O2. The first kappa shape index (κ1) is 18.2. The summed E-state index contributed by atoms with van der Waals surface area (Å²) >= 11 is 0. The second kappa shape index (κ2) is 8.22. The van der Waals surface area contributed by atoms with Gasteiger partial charge in [0.05, 0.1) is 17.4 Å². The summed E-state index contributed by atoms with van der Waals surface area (Å²) in [5.74, 6) is 0. The van der Waals surface area contributed by atoms with Gasteiger partial charge in [-0.2, -0.15) is 5.10 Å². The van der Waals surface area contributed by atoms with Crippen LogP contribution in [0.4, 0.5) is 4.79 Å². The SMILES string of the molecule is Cc1ncccc1CNC(=O)N[C@@H]1CCO[C@H]1c1ccnn1-c1ccccc1. The molecule has 144 valence electrons. The lowest BCUT2D eigenvalue weighted by Crippen LogP contribution is -2.43. The summed E-state index contributed by atoms with van der Waals surface area (Å²) in [6, 6.07) is 15.3. The van der Waals surface area contributed by atoms with E-state index >= 15 is 0 Å². The average Bonchev–Trinajstić information content (AvgIpc) is 3.37. The molecule has 1 saturated heterocycles. The Labute approximate surface area is 163 Å². The third-order valence-corrected chi connectivity index (χ3v) is 4.93. The maximum Gasteiger partial charge on any atom is 0.315 e. The number of nitrogens with one attached hydrogen (secondary N) is 2. The van der Waals surface area contributed by atoms with Gasteiger partial charge < -0.3 is 15.4 Å². The number of para-hydroxylation sites is 1. The van der Waals surface area contributed by atoms with E-state index in [1.165, 1.54) is 0 Å². The molecule has 0 saturated carbocycles. The van der Waals surface area contributed by atoms with Crippen molar-refractivity contribution in [3.8, 4) is 5.69 Å². The van der Waals surface area contributed by atoms with Crippen molar-refractivity contribution in [2.75, 3.05) is 6.61 Å². The van der Waals surface area contributed by atoms with E-state index in [-0.39, 0.29) is 18.2 Å². The molecule has 7 heteroatoms. The van der Waals surface area contributed by atoms with Gasteiger partial charge in [-0.3, -0.25) is 4.98 Å². The molecule has 2 N–H and O–H groups in total. The van der Waals surface area contributed by atoms with Crippen molar-refractivity contribution < 1.29 is 9.53 Å². The fourth-order valence-electron chi connectivity index (χ4n) is 3.44. The molecule has 2 aromatic heterocycles. The van der Waals surface area contributed by atoms with Gasteiger partial charge in [-0.05, 0) is 43.2 Å². The van der Waals surface area contributed by atoms with E-state index in [1.807, 2.05) is 60.1 Å². The Hall–Kier alpha value is -3.19. The van der Waals surface area contributed by atoms with Crippen LogP contribution in [0.3, 0.4) is 0 Å². The van der Waals surface area contributed by atoms with Gasteiger partial charge >= 0.3 is 6.03 Å². The number of ether oxygens (including phenoxy) is 1. The van der Waals surface area contributed by atoms with Crippen LogP contribution in [0.5, 0.6) is 0 Å². The van der Waals surface area contributed by atoms with Crippen LogP contribution in [0.25, 0.3) is 5.69 Å². The van der Waals surface area contributed by atoms with Crippen molar-refractivity contribution in [1.82, 2.24) is 25.4 Å². The minimum Gasteiger partial charge on any atom is -0.370 e. The summed E-state index contributed by atoms with van der Waals surface area (Å²) in [4.78, 5) is 16.7. The maximum absolute atomic E-state index is 12.4. The van der Waals surface area contributed by atoms with Crippen LogP contribution in [-0.2, 0) is 11.3 Å². The lowest BCUT2D eigenvalue weighted by atomic mass is 10.1. The Kier molecular flexibility index (Phi) is 5.34. The lowest BCUT2D eigenvalue weighted by Gasteiger charge is -2.21. The summed E-state index contributed by atoms with van der Waals surface area (Å²) in [7, 11) is 0. The predicted octanol–water partition coefficient (Wildman–Crippen LogP) is 2.91. The third-order valence-electron chi connectivity index (χ3n) is 4.93. The number of aromatic nitrogens is 3. The number of pyridine rings is 1. The molecule has 3 heterocycles. The normalized spacial score (nSPS) is 18.8. The highest BCUT2D eigenvalue weighted by atomic mass is 16.5. The summed E-state index contributed by atoms with van der Waals surface area (Å²) in [5.41, 5.74) is 3.81. The number of rotatable bonds is 5. The highest BCUT2D eigenvalue weighted by Gasteiger charge is 2.33. The Morgan fingerprint density at radius 3 is 2.86 bits per heavy atom. The first-order valence-corrected chi connectivity index (χ1v) is 9.38. The van der Waals surface area contributed by atoms with Gasteiger partial charge in [-0.1, -0.05) is 24.3 Å². The summed E-state index contributed by atoms with van der Waals surface area (Å²) in [6.07, 6.45) is 4.01. The van der Waals surface area contributed by atoms with Gasteiger partial charge in [0.25, 0.3) is 0 Å². The molecule has 1 aliphatic rings. The number of urea groups is 1. The molecule has 1 aliphatic heterocycles. The average molecular weight is 377 g/mol. The number of hydrogen-bond acceptors (Lipinski definition) is 4. The summed E-state index contributed by atoms with van der Waals surface area (Å²) in [5, 5.41) is 10.4. The molecule has 7 nitrogen and oxygen atoms in total. The number of benzene rings is 1. The molecule has 0 spiro atoms. The van der Waals surface area contributed by atoms with E-state index in [9.17, 15) is 4.79 Å². The lowest BCUT2D eigenvalue weighted by molar-refractivity contribution is 0.0946. The summed E-state index contributed by atoms with van der Waals surface area (Å²) < 4.78 is 7.80. The van der Waals surface area contributed by atoms with Gasteiger partial charge in [0.1, 0.15) is 6.10 Å². The molecular weight excluding hydrogens is 354 g/mol. The van der Waals surface area contributed by atoms with Crippen LogP contribution in [0.15, 0.2) is 60.9 Å². The summed E-state index contributed by atoms with van der Waals surface area (Å²) in [6.45, 7) is 2.96. The molecule has 28 heavy (non-hydrogen) atoms. The highest BCUT2D eigenvalue weighted by Crippen LogP contribution is 2.30. The number of amides is 2. The van der Waals surface area contributed by atoms with Crippen LogP contribution in [-0.4, -0.2) is 33.4 Å². The number of hydrogen-bond donors (Lipinski definition) is 2. The van der Waals surface area contributed by atoms with Crippen LogP contribution in [0.1, 0.15) is 29.5 Å². The number of carbonyl (C=O) groups excluding carboxylic acids is 1.